The maximum absolute atomic E-state index is 13.0. The molecule has 1 atom stereocenters. The van der Waals surface area contributed by atoms with Crippen LogP contribution in [0.5, 0.6) is 5.75 Å². The Kier molecular flexibility index (Phi) is 6.85. The quantitative estimate of drug-likeness (QED) is 0.632. The zero-order valence-electron chi connectivity index (χ0n) is 16.9. The number of ether oxygens (including phenoxy) is 2. The fraction of sp³-hybridized carbons (Fsp3) is 0.600. The van der Waals surface area contributed by atoms with Gasteiger partial charge in [-0.15, -0.1) is 5.10 Å². The third-order valence-corrected chi connectivity index (χ3v) is 5.66. The Hall–Kier alpha value is -2.59. The van der Waals surface area contributed by atoms with Crippen LogP contribution in [0, 0.1) is 5.82 Å². The zero-order chi connectivity index (χ0) is 20.8. The lowest BCUT2D eigenvalue weighted by atomic mass is 10.0. The van der Waals surface area contributed by atoms with Gasteiger partial charge in [0.05, 0.1) is 6.54 Å². The molecule has 30 heavy (non-hydrogen) atoms. The zero-order valence-corrected chi connectivity index (χ0v) is 16.9. The number of carbonyl (C=O) groups excluding carboxylic acids is 1. The van der Waals surface area contributed by atoms with E-state index in [-0.39, 0.29) is 30.5 Å². The lowest BCUT2D eigenvalue weighted by Crippen LogP contribution is -2.55. The molecule has 1 amide bonds. The molecule has 2 fully saturated rings. The molecular weight excluding hydrogens is 391 g/mol. The van der Waals surface area contributed by atoms with E-state index >= 15 is 0 Å². The maximum Gasteiger partial charge on any atom is 0.248 e. The number of hydrogen-bond acceptors (Lipinski definition) is 7. The molecule has 1 aromatic carbocycles. The van der Waals surface area contributed by atoms with Gasteiger partial charge >= 0.3 is 0 Å². The highest BCUT2D eigenvalue weighted by Crippen LogP contribution is 2.21. The number of carbonyl (C=O) groups is 1. The summed E-state index contributed by atoms with van der Waals surface area (Å²) in [6.45, 7) is 4.71. The van der Waals surface area contributed by atoms with Crippen LogP contribution >= 0.6 is 0 Å². The van der Waals surface area contributed by atoms with Crippen LogP contribution in [0.15, 0.2) is 30.6 Å². The van der Waals surface area contributed by atoms with Crippen LogP contribution in [0.25, 0.3) is 0 Å². The molecule has 3 heterocycles. The number of amides is 1. The van der Waals surface area contributed by atoms with Crippen molar-refractivity contribution in [2.24, 2.45) is 0 Å². The molecule has 0 bridgehead atoms. The number of aryl methyl sites for hydroxylation is 1. The van der Waals surface area contributed by atoms with E-state index < -0.39 is 0 Å². The van der Waals surface area contributed by atoms with Crippen LogP contribution in [0.1, 0.15) is 19.3 Å². The normalized spacial score (nSPS) is 21.2. The molecule has 2 aliphatic rings. The van der Waals surface area contributed by atoms with E-state index in [1.165, 1.54) is 12.1 Å². The lowest BCUT2D eigenvalue weighted by Gasteiger charge is -2.42. The van der Waals surface area contributed by atoms with Gasteiger partial charge in [0.2, 0.25) is 5.91 Å². The van der Waals surface area contributed by atoms with E-state index in [9.17, 15) is 9.18 Å². The van der Waals surface area contributed by atoms with E-state index in [1.807, 2.05) is 4.90 Å². The smallest absolute Gasteiger partial charge is 0.248 e. The largest absolute Gasteiger partial charge is 0.491 e. The van der Waals surface area contributed by atoms with E-state index in [4.69, 9.17) is 9.47 Å². The highest BCUT2D eigenvalue weighted by atomic mass is 19.1. The summed E-state index contributed by atoms with van der Waals surface area (Å²) in [6.07, 6.45) is 4.37. The Balaban J connectivity index is 1.20. The molecule has 0 saturated carbocycles. The molecule has 2 aliphatic heterocycles. The molecule has 0 spiro atoms. The average molecular weight is 418 g/mol. The Bertz CT molecular complexity index is 795. The van der Waals surface area contributed by atoms with Gasteiger partial charge in [0.25, 0.3) is 0 Å². The van der Waals surface area contributed by atoms with Gasteiger partial charge in [-0.1, -0.05) is 0 Å². The predicted molar refractivity (Wildman–Crippen MR) is 105 cm³/mol. The van der Waals surface area contributed by atoms with Crippen molar-refractivity contribution < 1.29 is 18.7 Å². The monoisotopic (exact) mass is 418 g/mol. The number of nitrogens with zero attached hydrogens (tertiary/aromatic N) is 6. The molecule has 0 N–H and O–H groups in total. The molecule has 2 aromatic rings. The Labute approximate surface area is 174 Å². The van der Waals surface area contributed by atoms with Crippen LogP contribution in [0.4, 0.5) is 4.39 Å². The fourth-order valence-electron chi connectivity index (χ4n) is 4.01. The number of morpholine rings is 1. The second kappa shape index (κ2) is 9.94. The number of piperidine rings is 1. The third kappa shape index (κ3) is 5.51. The second-order valence-electron chi connectivity index (χ2n) is 7.74. The van der Waals surface area contributed by atoms with Crippen molar-refractivity contribution >= 4 is 5.91 Å². The van der Waals surface area contributed by atoms with Crippen molar-refractivity contribution in [2.75, 3.05) is 39.4 Å². The molecule has 0 aliphatic carbocycles. The van der Waals surface area contributed by atoms with E-state index in [0.29, 0.717) is 18.9 Å². The molecule has 0 unspecified atom stereocenters. The van der Waals surface area contributed by atoms with Crippen molar-refractivity contribution in [1.29, 1.82) is 0 Å². The number of benzene rings is 1. The molecule has 4 rings (SSSR count). The number of hydrogen-bond donors (Lipinski definition) is 0. The number of rotatable bonds is 8. The van der Waals surface area contributed by atoms with Crippen LogP contribution in [0.2, 0.25) is 0 Å². The topological polar surface area (TPSA) is 85.6 Å². The van der Waals surface area contributed by atoms with Crippen molar-refractivity contribution in [1.82, 2.24) is 30.0 Å². The van der Waals surface area contributed by atoms with Gasteiger partial charge in [0.15, 0.2) is 0 Å². The Morgan fingerprint density at radius 3 is 2.70 bits per heavy atom. The predicted octanol–water partition coefficient (Wildman–Crippen LogP) is 0.973. The summed E-state index contributed by atoms with van der Waals surface area (Å²) in [5.74, 6) is 0.346. The van der Waals surface area contributed by atoms with Gasteiger partial charge in [-0.25, -0.2) is 9.07 Å². The summed E-state index contributed by atoms with van der Waals surface area (Å²) >= 11 is 0. The first kappa shape index (κ1) is 20.7. The van der Waals surface area contributed by atoms with Crippen LogP contribution in [-0.2, 0) is 16.1 Å². The van der Waals surface area contributed by atoms with Crippen LogP contribution in [0.3, 0.4) is 0 Å². The summed E-state index contributed by atoms with van der Waals surface area (Å²) in [4.78, 5) is 16.8. The first-order valence-corrected chi connectivity index (χ1v) is 10.4. The molecule has 1 aromatic heterocycles. The first-order valence-electron chi connectivity index (χ1n) is 10.4. The van der Waals surface area contributed by atoms with Gasteiger partial charge in [-0.2, -0.15) is 0 Å². The number of aromatic nitrogens is 4. The standard InChI is InChI=1S/C20H27FN6O3/c21-16-2-4-18(5-3-16)29-13-19-12-27(20(28)14-30-19)17-6-10-25(11-7-17)8-1-9-26-15-22-23-24-26/h2-5,15,17,19H,1,6-14H2/t19-/m1/s1. The molecule has 2 saturated heterocycles. The molecule has 10 heteroatoms. The second-order valence-corrected chi connectivity index (χ2v) is 7.74. The molecule has 162 valence electrons. The van der Waals surface area contributed by atoms with Gasteiger partial charge in [0, 0.05) is 25.7 Å². The number of tetrazole rings is 1. The van der Waals surface area contributed by atoms with Crippen LogP contribution in [-0.4, -0.2) is 87.5 Å². The van der Waals surface area contributed by atoms with E-state index in [1.54, 1.807) is 23.1 Å². The van der Waals surface area contributed by atoms with E-state index in [0.717, 1.165) is 45.4 Å². The highest BCUT2D eigenvalue weighted by Gasteiger charge is 2.33. The van der Waals surface area contributed by atoms with Gasteiger partial charge < -0.3 is 19.3 Å². The van der Waals surface area contributed by atoms with Crippen molar-refractivity contribution in [3.05, 3.63) is 36.4 Å². The lowest BCUT2D eigenvalue weighted by molar-refractivity contribution is -0.155. The third-order valence-electron chi connectivity index (χ3n) is 5.66. The Morgan fingerprint density at radius 1 is 1.17 bits per heavy atom. The van der Waals surface area contributed by atoms with Gasteiger partial charge in [-0.3, -0.25) is 4.79 Å². The van der Waals surface area contributed by atoms with Crippen molar-refractivity contribution in [2.45, 2.75) is 38.0 Å². The number of halogens is 1. The highest BCUT2D eigenvalue weighted by molar-refractivity contribution is 5.78. The van der Waals surface area contributed by atoms with E-state index in [2.05, 4.69) is 20.4 Å². The average Bonchev–Trinajstić information content (AvgIpc) is 3.28. The summed E-state index contributed by atoms with van der Waals surface area (Å²) < 4.78 is 26.1. The SMILES string of the molecule is O=C1CO[C@@H](COc2ccc(F)cc2)CN1C1CCN(CCCn2cnnn2)CC1. The van der Waals surface area contributed by atoms with Gasteiger partial charge in [0.1, 0.15) is 37.2 Å². The molecule has 9 nitrogen and oxygen atoms in total. The van der Waals surface area contributed by atoms with Crippen LogP contribution < -0.4 is 4.74 Å². The Morgan fingerprint density at radius 2 is 1.97 bits per heavy atom. The summed E-state index contributed by atoms with van der Waals surface area (Å²) in [6, 6.07) is 6.16. The molecule has 0 radical (unpaired) electrons. The maximum atomic E-state index is 13.0. The number of likely N-dealkylation sites (tertiary alicyclic amines) is 1. The van der Waals surface area contributed by atoms with Crippen molar-refractivity contribution in [3.8, 4) is 5.75 Å². The first-order chi connectivity index (χ1) is 14.7. The van der Waals surface area contributed by atoms with Gasteiger partial charge in [-0.05, 0) is 60.5 Å². The summed E-state index contributed by atoms with van der Waals surface area (Å²) in [5, 5.41) is 11.2. The van der Waals surface area contributed by atoms with Crippen molar-refractivity contribution in [3.63, 3.8) is 0 Å². The minimum absolute atomic E-state index is 0.0464. The fourth-order valence-corrected chi connectivity index (χ4v) is 4.01. The summed E-state index contributed by atoms with van der Waals surface area (Å²) in [5.41, 5.74) is 0. The molecular formula is C20H27FN6O3. The summed E-state index contributed by atoms with van der Waals surface area (Å²) in [7, 11) is 0. The minimum atomic E-state index is -0.296. The minimum Gasteiger partial charge on any atom is -0.491 e.